The number of rotatable bonds is 3. The normalized spacial score (nSPS) is 23.0. The Kier molecular flexibility index (Phi) is 4.51. The number of hydrogen-bond acceptors (Lipinski definition) is 5. The predicted octanol–water partition coefficient (Wildman–Crippen LogP) is 4.29. The number of aryl methyl sites for hydroxylation is 2. The molecule has 6 rings (SSSR count). The fourth-order valence-electron chi connectivity index (χ4n) is 5.48. The number of thiophene rings is 1. The number of carbonyl (C=O) groups is 1. The average molecular weight is 411 g/mol. The van der Waals surface area contributed by atoms with Crippen molar-refractivity contribution in [3.05, 3.63) is 16.3 Å². The van der Waals surface area contributed by atoms with Gasteiger partial charge in [0, 0.05) is 42.9 Å². The molecule has 2 aromatic heterocycles. The van der Waals surface area contributed by atoms with Crippen LogP contribution in [0.25, 0.3) is 10.2 Å². The Morgan fingerprint density at radius 2 is 1.66 bits per heavy atom. The molecule has 0 N–H and O–H groups in total. The van der Waals surface area contributed by atoms with Crippen LogP contribution in [0.5, 0.6) is 0 Å². The lowest BCUT2D eigenvalue weighted by Crippen LogP contribution is -2.50. The minimum atomic E-state index is 0.290. The molecular formula is C23H30N4OS. The van der Waals surface area contributed by atoms with Crippen LogP contribution >= 0.6 is 11.3 Å². The van der Waals surface area contributed by atoms with Crippen molar-refractivity contribution >= 4 is 33.3 Å². The van der Waals surface area contributed by atoms with E-state index < -0.39 is 0 Å². The zero-order valence-electron chi connectivity index (χ0n) is 17.2. The second-order valence-corrected chi connectivity index (χ2v) is 10.4. The van der Waals surface area contributed by atoms with Crippen molar-refractivity contribution in [2.24, 2.45) is 5.92 Å². The fraction of sp³-hybridized carbons (Fsp3) is 0.696. The van der Waals surface area contributed by atoms with Gasteiger partial charge in [0.25, 0.3) is 0 Å². The number of nitrogens with zero attached hydrogens (tertiary/aromatic N) is 4. The molecule has 6 heteroatoms. The van der Waals surface area contributed by atoms with E-state index >= 15 is 0 Å². The molecule has 0 unspecified atom stereocenters. The fourth-order valence-corrected chi connectivity index (χ4v) is 6.74. The molecule has 3 fully saturated rings. The summed E-state index contributed by atoms with van der Waals surface area (Å²) >= 11 is 1.92. The third kappa shape index (κ3) is 3.24. The molecule has 1 aliphatic heterocycles. The standard InChI is InChI=1S/C23H30N4OS/c28-23(16-5-1-2-6-16)27-13-11-26(12-14-27)21-19-17-7-3-4-8-18(17)29-22(19)25-20(24-21)15-9-10-15/h15-16H,1-14H2. The third-order valence-electron chi connectivity index (χ3n) is 7.35. The van der Waals surface area contributed by atoms with Gasteiger partial charge in [-0.3, -0.25) is 4.79 Å². The van der Waals surface area contributed by atoms with Crippen molar-refractivity contribution < 1.29 is 4.79 Å². The number of anilines is 1. The van der Waals surface area contributed by atoms with Crippen LogP contribution in [0.2, 0.25) is 0 Å². The maximum Gasteiger partial charge on any atom is 0.225 e. The lowest BCUT2D eigenvalue weighted by Gasteiger charge is -2.37. The summed E-state index contributed by atoms with van der Waals surface area (Å²) in [5, 5.41) is 1.34. The number of fused-ring (bicyclic) bond motifs is 3. The zero-order chi connectivity index (χ0) is 19.4. The number of carbonyl (C=O) groups excluding carboxylic acids is 1. The van der Waals surface area contributed by atoms with E-state index in [1.807, 2.05) is 11.3 Å². The summed E-state index contributed by atoms with van der Waals surface area (Å²) in [4.78, 5) is 30.3. The molecule has 0 atom stereocenters. The Balaban J connectivity index is 1.30. The van der Waals surface area contributed by atoms with Gasteiger partial charge >= 0.3 is 0 Å². The van der Waals surface area contributed by atoms with E-state index in [4.69, 9.17) is 9.97 Å². The molecule has 2 aromatic rings. The first-order valence-electron chi connectivity index (χ1n) is 11.6. The Hall–Kier alpha value is -1.69. The molecule has 1 saturated heterocycles. The molecule has 154 valence electrons. The van der Waals surface area contributed by atoms with Crippen molar-refractivity contribution in [3.8, 4) is 0 Å². The van der Waals surface area contributed by atoms with E-state index in [0.717, 1.165) is 44.8 Å². The summed E-state index contributed by atoms with van der Waals surface area (Å²) < 4.78 is 0. The van der Waals surface area contributed by atoms with Gasteiger partial charge < -0.3 is 9.80 Å². The smallest absolute Gasteiger partial charge is 0.225 e. The minimum absolute atomic E-state index is 0.290. The molecule has 2 saturated carbocycles. The predicted molar refractivity (Wildman–Crippen MR) is 117 cm³/mol. The summed E-state index contributed by atoms with van der Waals surface area (Å²) in [6.07, 6.45) is 12.1. The molecule has 5 nitrogen and oxygen atoms in total. The number of amides is 1. The van der Waals surface area contributed by atoms with Gasteiger partial charge in [0.15, 0.2) is 0 Å². The van der Waals surface area contributed by atoms with Gasteiger partial charge in [0.1, 0.15) is 16.5 Å². The second-order valence-electron chi connectivity index (χ2n) is 9.36. The van der Waals surface area contributed by atoms with Crippen LogP contribution in [0.1, 0.15) is 73.5 Å². The van der Waals surface area contributed by atoms with Crippen molar-refractivity contribution in [2.75, 3.05) is 31.1 Å². The molecule has 3 aliphatic carbocycles. The van der Waals surface area contributed by atoms with Crippen LogP contribution in [0.3, 0.4) is 0 Å². The van der Waals surface area contributed by atoms with Gasteiger partial charge in [0.05, 0.1) is 5.39 Å². The van der Waals surface area contributed by atoms with Crippen LogP contribution in [0.4, 0.5) is 5.82 Å². The number of hydrogen-bond donors (Lipinski definition) is 0. The van der Waals surface area contributed by atoms with Crippen molar-refractivity contribution in [3.63, 3.8) is 0 Å². The van der Waals surface area contributed by atoms with E-state index in [1.165, 1.54) is 73.0 Å². The molecule has 0 aromatic carbocycles. The number of aromatic nitrogens is 2. The minimum Gasteiger partial charge on any atom is -0.352 e. The SMILES string of the molecule is O=C(C1CCCC1)N1CCN(c2nc(C3CC3)nc3sc4c(c23)CCCC4)CC1. The van der Waals surface area contributed by atoms with Gasteiger partial charge in [-0.15, -0.1) is 11.3 Å². The molecule has 0 spiro atoms. The van der Waals surface area contributed by atoms with Gasteiger partial charge in [-0.25, -0.2) is 9.97 Å². The average Bonchev–Trinajstić information content (AvgIpc) is 3.33. The van der Waals surface area contributed by atoms with Crippen molar-refractivity contribution in [1.82, 2.24) is 14.9 Å². The van der Waals surface area contributed by atoms with E-state index in [2.05, 4.69) is 9.80 Å². The highest BCUT2D eigenvalue weighted by atomic mass is 32.1. The molecular weight excluding hydrogens is 380 g/mol. The highest BCUT2D eigenvalue weighted by Gasteiger charge is 2.33. The maximum atomic E-state index is 12.8. The van der Waals surface area contributed by atoms with E-state index in [-0.39, 0.29) is 5.92 Å². The summed E-state index contributed by atoms with van der Waals surface area (Å²) in [7, 11) is 0. The van der Waals surface area contributed by atoms with Gasteiger partial charge in [-0.1, -0.05) is 12.8 Å². The first-order valence-corrected chi connectivity index (χ1v) is 12.5. The summed E-state index contributed by atoms with van der Waals surface area (Å²) in [6, 6.07) is 0. The first-order chi connectivity index (χ1) is 14.3. The van der Waals surface area contributed by atoms with Crippen LogP contribution < -0.4 is 4.90 Å². The molecule has 1 amide bonds. The largest absolute Gasteiger partial charge is 0.352 e. The second kappa shape index (κ2) is 7.22. The van der Waals surface area contributed by atoms with Gasteiger partial charge in [0.2, 0.25) is 5.91 Å². The highest BCUT2D eigenvalue weighted by Crippen LogP contribution is 2.44. The van der Waals surface area contributed by atoms with Crippen LogP contribution in [-0.2, 0) is 17.6 Å². The van der Waals surface area contributed by atoms with Gasteiger partial charge in [-0.2, -0.15) is 0 Å². The summed E-state index contributed by atoms with van der Waals surface area (Å²) in [5.74, 6) is 3.50. The lowest BCUT2D eigenvalue weighted by atomic mass is 9.96. The molecule has 3 heterocycles. The van der Waals surface area contributed by atoms with Crippen LogP contribution in [-0.4, -0.2) is 47.0 Å². The Morgan fingerprint density at radius 1 is 0.897 bits per heavy atom. The summed E-state index contributed by atoms with van der Waals surface area (Å²) in [5.41, 5.74) is 1.53. The highest BCUT2D eigenvalue weighted by molar-refractivity contribution is 7.19. The van der Waals surface area contributed by atoms with Crippen molar-refractivity contribution in [2.45, 2.75) is 70.1 Å². The Labute approximate surface area is 176 Å². The molecule has 29 heavy (non-hydrogen) atoms. The van der Waals surface area contributed by atoms with Gasteiger partial charge in [-0.05, 0) is 56.9 Å². The Morgan fingerprint density at radius 3 is 2.41 bits per heavy atom. The Bertz CT molecular complexity index is 936. The number of piperazine rings is 1. The van der Waals surface area contributed by atoms with E-state index in [1.54, 1.807) is 4.88 Å². The van der Waals surface area contributed by atoms with Crippen LogP contribution in [0, 0.1) is 5.92 Å². The lowest BCUT2D eigenvalue weighted by molar-refractivity contribution is -0.135. The van der Waals surface area contributed by atoms with Crippen LogP contribution in [0.15, 0.2) is 0 Å². The zero-order valence-corrected chi connectivity index (χ0v) is 18.0. The van der Waals surface area contributed by atoms with E-state index in [9.17, 15) is 4.79 Å². The third-order valence-corrected chi connectivity index (χ3v) is 8.54. The van der Waals surface area contributed by atoms with Crippen molar-refractivity contribution in [1.29, 1.82) is 0 Å². The monoisotopic (exact) mass is 410 g/mol. The first kappa shape index (κ1) is 18.1. The topological polar surface area (TPSA) is 49.3 Å². The quantitative estimate of drug-likeness (QED) is 0.758. The maximum absolute atomic E-state index is 12.8. The molecule has 0 bridgehead atoms. The molecule has 4 aliphatic rings. The van der Waals surface area contributed by atoms with E-state index in [0.29, 0.717) is 11.8 Å². The summed E-state index contributed by atoms with van der Waals surface area (Å²) in [6.45, 7) is 3.48. The molecule has 0 radical (unpaired) electrons.